The summed E-state index contributed by atoms with van der Waals surface area (Å²) in [4.78, 5) is 3.98. The largest absolute Gasteiger partial charge is 0.379 e. The average Bonchev–Trinajstić information content (AvgIpc) is 3.04. The Labute approximate surface area is 118 Å². The maximum atomic E-state index is 12.7. The smallest absolute Gasteiger partial charge is 0.262 e. The van der Waals surface area contributed by atoms with E-state index in [9.17, 15) is 8.42 Å². The molecule has 1 aromatic rings. The van der Waals surface area contributed by atoms with Gasteiger partial charge in [0.1, 0.15) is 6.10 Å². The number of imidazole rings is 1. The lowest BCUT2D eigenvalue weighted by atomic mass is 10.2. The van der Waals surface area contributed by atoms with Crippen LogP contribution in [0.4, 0.5) is 0 Å². The molecule has 0 N–H and O–H groups in total. The van der Waals surface area contributed by atoms with Crippen molar-refractivity contribution in [2.75, 3.05) is 20.3 Å². The van der Waals surface area contributed by atoms with E-state index >= 15 is 0 Å². The van der Waals surface area contributed by atoms with Crippen molar-refractivity contribution in [1.29, 1.82) is 0 Å². The van der Waals surface area contributed by atoms with Gasteiger partial charge in [0.25, 0.3) is 10.0 Å². The van der Waals surface area contributed by atoms with Gasteiger partial charge in [-0.1, -0.05) is 0 Å². The number of aromatic nitrogens is 2. The second-order valence-electron chi connectivity index (χ2n) is 5.25. The van der Waals surface area contributed by atoms with E-state index in [0.717, 1.165) is 12.8 Å². The van der Waals surface area contributed by atoms with Crippen molar-refractivity contribution >= 4 is 10.0 Å². The summed E-state index contributed by atoms with van der Waals surface area (Å²) in [6, 6.07) is -0.152. The Hall–Kier alpha value is -0.960. The number of hydrogen-bond acceptors (Lipinski definition) is 5. The monoisotopic (exact) mass is 301 g/mol. The number of hydrogen-bond donors (Lipinski definition) is 0. The molecule has 2 fully saturated rings. The van der Waals surface area contributed by atoms with Gasteiger partial charge in [0, 0.05) is 26.9 Å². The Kier molecular flexibility index (Phi) is 3.57. The number of sulfonamides is 1. The number of methoxy groups -OCH3 is 1. The van der Waals surface area contributed by atoms with Crippen LogP contribution in [0.1, 0.15) is 12.8 Å². The minimum Gasteiger partial charge on any atom is -0.379 e. The first kappa shape index (κ1) is 14.0. The molecule has 1 saturated carbocycles. The zero-order valence-corrected chi connectivity index (χ0v) is 12.4. The van der Waals surface area contributed by atoms with E-state index in [1.165, 1.54) is 16.8 Å². The van der Waals surface area contributed by atoms with Crippen LogP contribution in [-0.4, -0.2) is 60.8 Å². The lowest BCUT2D eigenvalue weighted by Gasteiger charge is -2.37. The van der Waals surface area contributed by atoms with Crippen LogP contribution >= 0.6 is 0 Å². The molecule has 0 radical (unpaired) electrons. The lowest BCUT2D eigenvalue weighted by Crippen LogP contribution is -2.53. The molecule has 1 aliphatic heterocycles. The molecule has 0 unspecified atom stereocenters. The summed E-state index contributed by atoms with van der Waals surface area (Å²) in [5.74, 6) is 0. The third kappa shape index (κ3) is 2.16. The van der Waals surface area contributed by atoms with Gasteiger partial charge in [0.15, 0.2) is 5.03 Å². The van der Waals surface area contributed by atoms with E-state index in [-0.39, 0.29) is 23.3 Å². The van der Waals surface area contributed by atoms with Crippen molar-refractivity contribution in [2.45, 2.75) is 36.1 Å². The van der Waals surface area contributed by atoms with Crippen LogP contribution in [0.15, 0.2) is 17.6 Å². The molecule has 3 rings (SSSR count). The molecule has 0 bridgehead atoms. The minimum absolute atomic E-state index is 0.0262. The van der Waals surface area contributed by atoms with Crippen LogP contribution in [0.5, 0.6) is 0 Å². The number of morpholine rings is 1. The summed E-state index contributed by atoms with van der Waals surface area (Å²) in [7, 11) is -0.165. The molecule has 1 aromatic heterocycles. The van der Waals surface area contributed by atoms with Crippen LogP contribution in [0, 0.1) is 0 Å². The molecule has 2 heterocycles. The van der Waals surface area contributed by atoms with Gasteiger partial charge in [-0.25, -0.2) is 13.4 Å². The second-order valence-corrected chi connectivity index (χ2v) is 7.08. The Bertz CT molecular complexity index is 585. The molecule has 3 atom stereocenters. The van der Waals surface area contributed by atoms with Crippen molar-refractivity contribution < 1.29 is 17.9 Å². The highest BCUT2D eigenvalue weighted by molar-refractivity contribution is 7.89. The maximum absolute atomic E-state index is 12.7. The Morgan fingerprint density at radius 1 is 1.45 bits per heavy atom. The van der Waals surface area contributed by atoms with E-state index < -0.39 is 10.0 Å². The molecule has 0 spiro atoms. The Morgan fingerprint density at radius 3 is 2.90 bits per heavy atom. The summed E-state index contributed by atoms with van der Waals surface area (Å²) >= 11 is 0. The highest BCUT2D eigenvalue weighted by Gasteiger charge is 2.47. The molecular formula is C12H19N3O4S. The quantitative estimate of drug-likeness (QED) is 0.785. The molecule has 8 heteroatoms. The normalized spacial score (nSPS) is 31.4. The fourth-order valence-electron chi connectivity index (χ4n) is 3.07. The molecule has 2 aliphatic rings. The fourth-order valence-corrected chi connectivity index (χ4v) is 4.69. The van der Waals surface area contributed by atoms with E-state index in [0.29, 0.717) is 13.2 Å². The van der Waals surface area contributed by atoms with Gasteiger partial charge in [-0.2, -0.15) is 4.31 Å². The van der Waals surface area contributed by atoms with Crippen molar-refractivity contribution in [2.24, 2.45) is 7.05 Å². The first-order chi connectivity index (χ1) is 9.54. The molecule has 1 saturated heterocycles. The summed E-state index contributed by atoms with van der Waals surface area (Å²) in [6.45, 7) is 0.767. The first-order valence-corrected chi connectivity index (χ1v) is 8.12. The summed E-state index contributed by atoms with van der Waals surface area (Å²) in [5, 5.41) is 0.0986. The highest BCUT2D eigenvalue weighted by atomic mass is 32.2. The molecule has 20 heavy (non-hydrogen) atoms. The first-order valence-electron chi connectivity index (χ1n) is 6.68. The standard InChI is InChI=1S/C12H19N3O4S/c1-14-7-11(13-8-14)20(16,17)15-5-6-19-12-9(15)3-4-10(12)18-2/h7-10,12H,3-6H2,1-2H3/t9-,10-,12+/m1/s1. The zero-order valence-electron chi connectivity index (χ0n) is 11.6. The van der Waals surface area contributed by atoms with Gasteiger partial charge >= 0.3 is 0 Å². The van der Waals surface area contributed by atoms with E-state index in [1.807, 2.05) is 0 Å². The average molecular weight is 301 g/mol. The topological polar surface area (TPSA) is 73.7 Å². The van der Waals surface area contributed by atoms with E-state index in [4.69, 9.17) is 9.47 Å². The van der Waals surface area contributed by atoms with Gasteiger partial charge in [-0.15, -0.1) is 0 Å². The number of aryl methyl sites for hydroxylation is 1. The molecule has 7 nitrogen and oxygen atoms in total. The number of fused-ring (bicyclic) bond motifs is 1. The predicted octanol–water partition coefficient (Wildman–Crippen LogP) is -0.0130. The van der Waals surface area contributed by atoms with Gasteiger partial charge in [0.05, 0.1) is 25.1 Å². The zero-order chi connectivity index (χ0) is 14.3. The highest BCUT2D eigenvalue weighted by Crippen LogP contribution is 2.34. The Balaban J connectivity index is 1.90. The molecule has 0 amide bonds. The molecule has 1 aliphatic carbocycles. The van der Waals surface area contributed by atoms with Crippen molar-refractivity contribution in [3.63, 3.8) is 0 Å². The van der Waals surface area contributed by atoms with Gasteiger partial charge in [-0.05, 0) is 12.8 Å². The van der Waals surface area contributed by atoms with Gasteiger partial charge < -0.3 is 14.0 Å². The summed E-state index contributed by atoms with van der Waals surface area (Å²) in [5.41, 5.74) is 0. The molecule has 0 aromatic carbocycles. The van der Waals surface area contributed by atoms with Crippen molar-refractivity contribution in [1.82, 2.24) is 13.9 Å². The number of ether oxygens (including phenoxy) is 2. The number of nitrogens with zero attached hydrogens (tertiary/aromatic N) is 3. The van der Waals surface area contributed by atoms with Crippen LogP contribution in [0.3, 0.4) is 0 Å². The van der Waals surface area contributed by atoms with E-state index in [2.05, 4.69) is 4.98 Å². The van der Waals surface area contributed by atoms with Crippen molar-refractivity contribution in [3.05, 3.63) is 12.5 Å². The summed E-state index contributed by atoms with van der Waals surface area (Å²) < 4.78 is 39.7. The maximum Gasteiger partial charge on any atom is 0.262 e. The lowest BCUT2D eigenvalue weighted by molar-refractivity contribution is -0.0848. The van der Waals surface area contributed by atoms with Crippen molar-refractivity contribution in [3.8, 4) is 0 Å². The van der Waals surface area contributed by atoms with E-state index in [1.54, 1.807) is 18.7 Å². The van der Waals surface area contributed by atoms with Crippen LogP contribution in [0.2, 0.25) is 0 Å². The van der Waals surface area contributed by atoms with Crippen LogP contribution in [-0.2, 0) is 26.5 Å². The predicted molar refractivity (Wildman–Crippen MR) is 70.7 cm³/mol. The molecular weight excluding hydrogens is 282 g/mol. The van der Waals surface area contributed by atoms with Crippen LogP contribution in [0.25, 0.3) is 0 Å². The molecule has 112 valence electrons. The SMILES string of the molecule is CO[C@@H]1CC[C@@H]2[C@@H]1OCCN2S(=O)(=O)c1cn(C)cn1. The Morgan fingerprint density at radius 2 is 2.25 bits per heavy atom. The third-order valence-corrected chi connectivity index (χ3v) is 5.85. The fraction of sp³-hybridized carbons (Fsp3) is 0.750. The second kappa shape index (κ2) is 5.10. The van der Waals surface area contributed by atoms with Gasteiger partial charge in [-0.3, -0.25) is 0 Å². The summed E-state index contributed by atoms with van der Waals surface area (Å²) in [6.07, 6.45) is 4.41. The minimum atomic E-state index is -3.56. The van der Waals surface area contributed by atoms with Gasteiger partial charge in [0.2, 0.25) is 0 Å². The van der Waals surface area contributed by atoms with Crippen LogP contribution < -0.4 is 0 Å². The number of rotatable bonds is 3. The third-order valence-electron chi connectivity index (χ3n) is 4.04.